The summed E-state index contributed by atoms with van der Waals surface area (Å²) in [4.78, 5) is 12.1. The molecule has 0 aliphatic heterocycles. The van der Waals surface area contributed by atoms with Crippen LogP contribution in [0.2, 0.25) is 0 Å². The first-order valence-electron chi connectivity index (χ1n) is 10.7. The van der Waals surface area contributed by atoms with Crippen molar-refractivity contribution >= 4 is 6.03 Å². The smallest absolute Gasteiger partial charge is 0.314 e. The lowest BCUT2D eigenvalue weighted by molar-refractivity contribution is -0.165. The lowest BCUT2D eigenvalue weighted by Crippen LogP contribution is -2.56. The Morgan fingerprint density at radius 3 is 2.52 bits per heavy atom. The monoisotopic (exact) mass is 348 g/mol. The van der Waals surface area contributed by atoms with Gasteiger partial charge in [0.1, 0.15) is 0 Å². The van der Waals surface area contributed by atoms with E-state index in [0.29, 0.717) is 11.3 Å². The highest BCUT2D eigenvalue weighted by Gasteiger charge is 2.56. The van der Waals surface area contributed by atoms with Crippen molar-refractivity contribution in [2.45, 2.75) is 83.2 Å². The zero-order valence-electron chi connectivity index (χ0n) is 15.9. The molecular weight excluding hydrogens is 312 g/mol. The van der Waals surface area contributed by atoms with Crippen molar-refractivity contribution in [1.82, 2.24) is 10.6 Å². The standard InChI is InChI=1S/C21H36N2O2/c1-15-3-2-4-16(7-15)13-23-19(24)22-6-5-20-9-17-8-18(10-20)12-21(25,11-17)14-20/h15-18,25H,2-14H2,1H3,(H2,22,23,24). The molecule has 5 aliphatic rings. The predicted molar refractivity (Wildman–Crippen MR) is 99.2 cm³/mol. The Labute approximate surface area is 152 Å². The first kappa shape index (κ1) is 17.6. The second kappa shape index (κ2) is 6.75. The summed E-state index contributed by atoms with van der Waals surface area (Å²) in [6.07, 6.45) is 13.1. The van der Waals surface area contributed by atoms with Crippen molar-refractivity contribution < 1.29 is 9.90 Å². The number of carbonyl (C=O) groups excluding carboxylic acids is 1. The molecule has 25 heavy (non-hydrogen) atoms. The third-order valence-corrected chi connectivity index (χ3v) is 7.69. The molecule has 3 N–H and O–H groups in total. The Morgan fingerprint density at radius 2 is 1.84 bits per heavy atom. The summed E-state index contributed by atoms with van der Waals surface area (Å²) in [7, 11) is 0. The molecule has 2 amide bonds. The number of amides is 2. The van der Waals surface area contributed by atoms with E-state index in [0.717, 1.165) is 56.5 Å². The van der Waals surface area contributed by atoms with Crippen LogP contribution >= 0.6 is 0 Å². The fourth-order valence-electron chi connectivity index (χ4n) is 7.18. The maximum absolute atomic E-state index is 12.1. The lowest BCUT2D eigenvalue weighted by Gasteiger charge is -2.60. The van der Waals surface area contributed by atoms with Gasteiger partial charge in [0.15, 0.2) is 0 Å². The predicted octanol–water partition coefficient (Wildman–Crippen LogP) is 3.83. The molecule has 0 radical (unpaired) electrons. The Hall–Kier alpha value is -0.770. The summed E-state index contributed by atoms with van der Waals surface area (Å²) in [6.45, 7) is 3.90. The van der Waals surface area contributed by atoms with Crippen molar-refractivity contribution in [3.05, 3.63) is 0 Å². The second-order valence-corrected chi connectivity index (χ2v) is 10.2. The maximum Gasteiger partial charge on any atom is 0.314 e. The third kappa shape index (κ3) is 3.99. The largest absolute Gasteiger partial charge is 0.390 e. The van der Waals surface area contributed by atoms with Crippen LogP contribution in [0.1, 0.15) is 77.6 Å². The highest BCUT2D eigenvalue weighted by molar-refractivity contribution is 5.73. The van der Waals surface area contributed by atoms with E-state index in [1.807, 2.05) is 0 Å². The molecule has 4 heteroatoms. The van der Waals surface area contributed by atoms with Crippen LogP contribution in [-0.4, -0.2) is 29.8 Å². The number of nitrogens with one attached hydrogen (secondary N) is 2. The highest BCUT2D eigenvalue weighted by Crippen LogP contribution is 2.62. The molecule has 4 unspecified atom stereocenters. The van der Waals surface area contributed by atoms with Crippen LogP contribution < -0.4 is 10.6 Å². The van der Waals surface area contributed by atoms with Gasteiger partial charge in [-0.05, 0) is 86.9 Å². The molecule has 0 heterocycles. The highest BCUT2D eigenvalue weighted by atomic mass is 16.3. The van der Waals surface area contributed by atoms with Gasteiger partial charge in [-0.25, -0.2) is 4.79 Å². The van der Waals surface area contributed by atoms with E-state index in [1.54, 1.807) is 0 Å². The number of carbonyl (C=O) groups is 1. The number of hydrogen-bond acceptors (Lipinski definition) is 2. The Morgan fingerprint density at radius 1 is 1.08 bits per heavy atom. The molecule has 5 fully saturated rings. The van der Waals surface area contributed by atoms with Crippen LogP contribution in [0, 0.1) is 29.1 Å². The summed E-state index contributed by atoms with van der Waals surface area (Å²) in [6, 6.07) is 0.00154. The van der Waals surface area contributed by atoms with E-state index in [1.165, 1.54) is 44.9 Å². The summed E-state index contributed by atoms with van der Waals surface area (Å²) in [5, 5.41) is 17.0. The number of urea groups is 1. The van der Waals surface area contributed by atoms with Crippen molar-refractivity contribution in [3.63, 3.8) is 0 Å². The third-order valence-electron chi connectivity index (χ3n) is 7.69. The minimum Gasteiger partial charge on any atom is -0.390 e. The fourth-order valence-corrected chi connectivity index (χ4v) is 7.18. The molecule has 0 spiro atoms. The van der Waals surface area contributed by atoms with E-state index in [9.17, 15) is 9.90 Å². The zero-order valence-corrected chi connectivity index (χ0v) is 15.9. The van der Waals surface area contributed by atoms with Crippen LogP contribution in [0.15, 0.2) is 0 Å². The summed E-state index contributed by atoms with van der Waals surface area (Å²) < 4.78 is 0. The molecule has 0 aromatic rings. The number of aliphatic hydroxyl groups is 1. The van der Waals surface area contributed by atoms with Crippen molar-refractivity contribution in [1.29, 1.82) is 0 Å². The molecule has 4 nitrogen and oxygen atoms in total. The van der Waals surface area contributed by atoms with Crippen LogP contribution in [0.25, 0.3) is 0 Å². The maximum atomic E-state index is 12.1. The minimum absolute atomic E-state index is 0.00154. The van der Waals surface area contributed by atoms with Crippen LogP contribution in [-0.2, 0) is 0 Å². The fraction of sp³-hybridized carbons (Fsp3) is 0.952. The van der Waals surface area contributed by atoms with Gasteiger partial charge in [-0.2, -0.15) is 0 Å². The van der Waals surface area contributed by atoms with Crippen molar-refractivity contribution in [2.75, 3.05) is 13.1 Å². The lowest BCUT2D eigenvalue weighted by atomic mass is 9.47. The van der Waals surface area contributed by atoms with Gasteiger partial charge in [-0.3, -0.25) is 0 Å². The second-order valence-electron chi connectivity index (χ2n) is 10.2. The molecule has 142 valence electrons. The molecule has 4 bridgehead atoms. The van der Waals surface area contributed by atoms with E-state index >= 15 is 0 Å². The van der Waals surface area contributed by atoms with Gasteiger partial charge in [0, 0.05) is 13.1 Å². The van der Waals surface area contributed by atoms with Gasteiger partial charge >= 0.3 is 6.03 Å². The summed E-state index contributed by atoms with van der Waals surface area (Å²) >= 11 is 0. The summed E-state index contributed by atoms with van der Waals surface area (Å²) in [5.74, 6) is 2.93. The van der Waals surface area contributed by atoms with Crippen LogP contribution in [0.5, 0.6) is 0 Å². The molecule has 5 saturated carbocycles. The van der Waals surface area contributed by atoms with Gasteiger partial charge < -0.3 is 15.7 Å². The molecule has 0 saturated heterocycles. The minimum atomic E-state index is -0.385. The van der Waals surface area contributed by atoms with Crippen molar-refractivity contribution in [2.24, 2.45) is 29.1 Å². The van der Waals surface area contributed by atoms with Gasteiger partial charge in [0.2, 0.25) is 0 Å². The molecule has 5 rings (SSSR count). The SMILES string of the molecule is CC1CCCC(CNC(=O)NCCC23CC4CC(CC(O)(C4)C2)C3)C1. The van der Waals surface area contributed by atoms with E-state index < -0.39 is 0 Å². The molecular formula is C21H36N2O2. The molecule has 0 aromatic carbocycles. The normalized spacial score (nSPS) is 45.4. The Bertz CT molecular complexity index is 492. The van der Waals surface area contributed by atoms with Gasteiger partial charge in [0.05, 0.1) is 5.60 Å². The van der Waals surface area contributed by atoms with Gasteiger partial charge in [-0.15, -0.1) is 0 Å². The van der Waals surface area contributed by atoms with Gasteiger partial charge in [-0.1, -0.05) is 19.8 Å². The quantitative estimate of drug-likeness (QED) is 0.707. The Balaban J connectivity index is 1.20. The topological polar surface area (TPSA) is 61.4 Å². The number of rotatable bonds is 5. The molecule has 0 aromatic heterocycles. The molecule has 4 atom stereocenters. The average molecular weight is 349 g/mol. The van der Waals surface area contributed by atoms with Crippen LogP contribution in [0.4, 0.5) is 4.79 Å². The summed E-state index contributed by atoms with van der Waals surface area (Å²) in [5.41, 5.74) is -0.0884. The first-order valence-corrected chi connectivity index (χ1v) is 10.7. The first-order chi connectivity index (χ1) is 11.9. The molecule has 5 aliphatic carbocycles. The van der Waals surface area contributed by atoms with Crippen molar-refractivity contribution in [3.8, 4) is 0 Å². The number of hydrogen-bond donors (Lipinski definition) is 3. The van der Waals surface area contributed by atoms with E-state index in [4.69, 9.17) is 0 Å². The average Bonchev–Trinajstić information content (AvgIpc) is 2.50. The Kier molecular flexibility index (Phi) is 4.76. The van der Waals surface area contributed by atoms with Gasteiger partial charge in [0.25, 0.3) is 0 Å². The van der Waals surface area contributed by atoms with E-state index in [2.05, 4.69) is 17.6 Å². The van der Waals surface area contributed by atoms with Crippen LogP contribution in [0.3, 0.4) is 0 Å². The zero-order chi connectivity index (χ0) is 17.5. The van der Waals surface area contributed by atoms with E-state index in [-0.39, 0.29) is 11.6 Å².